The molecule has 4 saturated carbocycles. The highest BCUT2D eigenvalue weighted by Crippen LogP contribution is 2.55. The molecule has 6 aliphatic rings. The molecule has 1 aromatic carbocycles. The number of carbonyl (C=O) groups is 1. The zero-order valence-corrected chi connectivity index (χ0v) is 24.4. The van der Waals surface area contributed by atoms with Gasteiger partial charge >= 0.3 is 21.6 Å². The molecular formula is C29H35F3N6O4S. The third-order valence-corrected chi connectivity index (χ3v) is 11.7. The minimum atomic E-state index is -5.34. The number of piperazine rings is 1. The predicted molar refractivity (Wildman–Crippen MR) is 155 cm³/mol. The van der Waals surface area contributed by atoms with E-state index in [1.54, 1.807) is 11.1 Å². The Morgan fingerprint density at radius 1 is 0.930 bits per heavy atom. The summed E-state index contributed by atoms with van der Waals surface area (Å²) in [5, 5.41) is 14.3. The van der Waals surface area contributed by atoms with Gasteiger partial charge in [0.15, 0.2) is 0 Å². The minimum absolute atomic E-state index is 0.0826. The normalized spacial score (nSPS) is 30.8. The predicted octanol–water partition coefficient (Wildman–Crippen LogP) is 3.66. The van der Waals surface area contributed by atoms with Crippen LogP contribution in [0.1, 0.15) is 32.1 Å². The monoisotopic (exact) mass is 620 g/mol. The Morgan fingerprint density at radius 2 is 1.60 bits per heavy atom. The number of anilines is 4. The molecule has 0 spiro atoms. The molecule has 4 aliphatic carbocycles. The average Bonchev–Trinajstić information content (AvgIpc) is 2.97. The van der Waals surface area contributed by atoms with E-state index >= 15 is 0 Å². The first kappa shape index (κ1) is 28.7. The number of benzene rings is 1. The van der Waals surface area contributed by atoms with Crippen molar-refractivity contribution in [1.29, 1.82) is 0 Å². The highest BCUT2D eigenvalue weighted by molar-refractivity contribution is 7.90. The van der Waals surface area contributed by atoms with Gasteiger partial charge in [-0.25, -0.2) is 18.2 Å². The molecule has 232 valence electrons. The number of nitrogens with one attached hydrogen (secondary N) is 1. The smallest absolute Gasteiger partial charge is 0.390 e. The number of rotatable bonds is 4. The van der Waals surface area contributed by atoms with Gasteiger partial charge < -0.3 is 20.2 Å². The van der Waals surface area contributed by atoms with Crippen molar-refractivity contribution in [2.45, 2.75) is 49.3 Å². The Bertz CT molecular complexity index is 1480. The molecule has 4 bridgehead atoms. The molecule has 10 nitrogen and oxygen atoms in total. The zero-order chi connectivity index (χ0) is 30.1. The lowest BCUT2D eigenvalue weighted by Crippen LogP contribution is -2.63. The van der Waals surface area contributed by atoms with Gasteiger partial charge in [-0.3, -0.25) is 4.90 Å². The molecule has 2 unspecified atom stereocenters. The van der Waals surface area contributed by atoms with Crippen LogP contribution in [0.25, 0.3) is 0 Å². The largest absolute Gasteiger partial charge is 0.511 e. The van der Waals surface area contributed by atoms with E-state index in [1.807, 2.05) is 46.2 Å². The fourth-order valence-electron chi connectivity index (χ4n) is 8.31. The number of aliphatic hydroxyl groups is 1. The number of hydrogen-bond acceptors (Lipinski definition) is 7. The summed E-state index contributed by atoms with van der Waals surface area (Å²) in [6.07, 6.45) is 6.20. The van der Waals surface area contributed by atoms with E-state index < -0.39 is 21.1 Å². The van der Waals surface area contributed by atoms with Crippen molar-refractivity contribution in [1.82, 2.24) is 14.6 Å². The van der Waals surface area contributed by atoms with E-state index in [4.69, 9.17) is 0 Å². The molecular weight excluding hydrogens is 585 g/mol. The maximum absolute atomic E-state index is 13.6. The number of fused-ring (bicyclic) bond motifs is 1. The van der Waals surface area contributed by atoms with Gasteiger partial charge in [-0.05, 0) is 74.1 Å². The van der Waals surface area contributed by atoms with E-state index in [0.717, 1.165) is 43.5 Å². The van der Waals surface area contributed by atoms with Gasteiger partial charge in [0.1, 0.15) is 5.82 Å². The van der Waals surface area contributed by atoms with Crippen molar-refractivity contribution in [3.63, 3.8) is 0 Å². The van der Waals surface area contributed by atoms with Crippen molar-refractivity contribution in [3.05, 3.63) is 42.6 Å². The van der Waals surface area contributed by atoms with Gasteiger partial charge in [-0.2, -0.15) is 17.5 Å². The lowest BCUT2D eigenvalue weighted by atomic mass is 9.52. The fourth-order valence-corrected chi connectivity index (χ4v) is 9.24. The van der Waals surface area contributed by atoms with Crippen LogP contribution < -0.4 is 20.0 Å². The van der Waals surface area contributed by atoms with E-state index in [9.17, 15) is 31.5 Å². The number of halogens is 3. The molecule has 43 heavy (non-hydrogen) atoms. The van der Waals surface area contributed by atoms with Gasteiger partial charge in [0.05, 0.1) is 28.9 Å². The van der Waals surface area contributed by atoms with E-state index in [-0.39, 0.29) is 38.3 Å². The van der Waals surface area contributed by atoms with Crippen LogP contribution in [0, 0.1) is 17.8 Å². The Morgan fingerprint density at radius 3 is 2.21 bits per heavy atom. The van der Waals surface area contributed by atoms with Crippen molar-refractivity contribution in [2.24, 2.45) is 17.8 Å². The van der Waals surface area contributed by atoms with Gasteiger partial charge in [-0.15, -0.1) is 0 Å². The summed E-state index contributed by atoms with van der Waals surface area (Å²) in [7, 11) is -5.34. The second kappa shape index (κ2) is 10.2. The molecule has 2 aliphatic heterocycles. The molecule has 3 heterocycles. The third-order valence-electron chi connectivity index (χ3n) is 10.0. The Labute approximate surface area is 248 Å². The standard InChI is InChI=1S/C29H35F3N6O4S/c30-29(31,32)43(41,42)36-9-7-35(8-10-36)22-5-6-25(33-18-22)37-11-12-38(24-4-2-1-3-23(24)37)27(39)34-26-20-13-19-14-21(26)17-28(40,15-19)16-20/h1-6,18-21,26,40H,7-17H2,(H,34,39). The second-order valence-electron chi connectivity index (χ2n) is 12.7. The Kier molecular flexibility index (Phi) is 6.82. The van der Waals surface area contributed by atoms with Crippen LogP contribution in [0.5, 0.6) is 0 Å². The van der Waals surface area contributed by atoms with Crippen molar-refractivity contribution in [3.8, 4) is 0 Å². The Hall–Kier alpha value is -3.10. The summed E-state index contributed by atoms with van der Waals surface area (Å²) in [4.78, 5) is 23.9. The van der Waals surface area contributed by atoms with Crippen LogP contribution in [0.3, 0.4) is 0 Å². The van der Waals surface area contributed by atoms with Crippen molar-refractivity contribution in [2.75, 3.05) is 54.0 Å². The number of urea groups is 1. The molecule has 2 atom stereocenters. The highest BCUT2D eigenvalue weighted by Gasteiger charge is 2.55. The van der Waals surface area contributed by atoms with Gasteiger partial charge in [0.25, 0.3) is 0 Å². The van der Waals surface area contributed by atoms with Crippen LogP contribution in [0.2, 0.25) is 0 Å². The summed E-state index contributed by atoms with van der Waals surface area (Å²) < 4.78 is 62.7. The van der Waals surface area contributed by atoms with Crippen molar-refractivity contribution < 1.29 is 31.5 Å². The summed E-state index contributed by atoms with van der Waals surface area (Å²) in [5.74, 6) is 1.87. The molecule has 8 rings (SSSR count). The quantitative estimate of drug-likeness (QED) is 0.537. The molecule has 1 saturated heterocycles. The van der Waals surface area contributed by atoms with E-state index in [1.165, 1.54) is 0 Å². The third kappa shape index (κ3) is 5.00. The Balaban J connectivity index is 1.03. The molecule has 14 heteroatoms. The van der Waals surface area contributed by atoms with Crippen LogP contribution in [0.15, 0.2) is 42.6 Å². The van der Waals surface area contributed by atoms with Gasteiger partial charge in [0.2, 0.25) is 0 Å². The molecule has 5 fully saturated rings. The maximum Gasteiger partial charge on any atom is 0.511 e. The number of hydrogen-bond donors (Lipinski definition) is 2. The lowest BCUT2D eigenvalue weighted by molar-refractivity contribution is -0.136. The number of amides is 2. The van der Waals surface area contributed by atoms with Crippen LogP contribution in [-0.2, 0) is 10.0 Å². The van der Waals surface area contributed by atoms with Gasteiger partial charge in [0, 0.05) is 45.3 Å². The van der Waals surface area contributed by atoms with Crippen LogP contribution >= 0.6 is 0 Å². The number of aromatic nitrogens is 1. The summed E-state index contributed by atoms with van der Waals surface area (Å²) in [6.45, 7) is 0.696. The molecule has 2 N–H and O–H groups in total. The number of carbonyl (C=O) groups excluding carboxylic acids is 1. The number of para-hydroxylation sites is 2. The number of alkyl halides is 3. The lowest BCUT2D eigenvalue weighted by Gasteiger charge is -2.58. The second-order valence-corrected chi connectivity index (χ2v) is 14.6. The van der Waals surface area contributed by atoms with E-state index in [2.05, 4.69) is 10.3 Å². The number of sulfonamides is 1. The van der Waals surface area contributed by atoms with Gasteiger partial charge in [-0.1, -0.05) is 12.1 Å². The summed E-state index contributed by atoms with van der Waals surface area (Å²) >= 11 is 0. The first-order chi connectivity index (χ1) is 20.4. The maximum atomic E-state index is 13.6. The average molecular weight is 621 g/mol. The minimum Gasteiger partial charge on any atom is -0.390 e. The highest BCUT2D eigenvalue weighted by atomic mass is 32.2. The van der Waals surface area contributed by atoms with E-state index in [0.29, 0.717) is 46.7 Å². The molecule has 1 aromatic heterocycles. The summed E-state index contributed by atoms with van der Waals surface area (Å²) in [6, 6.07) is 11.3. The zero-order valence-electron chi connectivity index (χ0n) is 23.6. The molecule has 2 aromatic rings. The number of pyridine rings is 1. The van der Waals surface area contributed by atoms with Crippen LogP contribution in [0.4, 0.5) is 40.8 Å². The molecule has 2 amide bonds. The first-order valence-electron chi connectivity index (χ1n) is 14.9. The fraction of sp³-hybridized carbons (Fsp3) is 0.586. The van der Waals surface area contributed by atoms with Crippen molar-refractivity contribution >= 4 is 38.9 Å². The molecule has 0 radical (unpaired) electrons. The summed E-state index contributed by atoms with van der Waals surface area (Å²) in [5.41, 5.74) is -3.55. The number of nitrogens with zero attached hydrogens (tertiary/aromatic N) is 5. The topological polar surface area (TPSA) is 109 Å². The SMILES string of the molecule is O=C(NC1C2CC3CC1CC(O)(C3)C2)N1CCN(c2ccc(N3CCN(S(=O)(=O)C(F)(F)F)CC3)cn2)c2ccccc21. The first-order valence-corrected chi connectivity index (χ1v) is 16.3. The van der Waals surface area contributed by atoms with Crippen LogP contribution in [-0.4, -0.2) is 85.3 Å².